The van der Waals surface area contributed by atoms with Crippen LogP contribution in [0.1, 0.15) is 28.1 Å². The molecule has 1 aliphatic rings. The molecular formula is C19H20N2O4S. The number of thiophene rings is 1. The number of carbonyl (C=O) groups excluding carboxylic acids is 2. The van der Waals surface area contributed by atoms with Crippen LogP contribution >= 0.6 is 11.3 Å². The molecule has 1 saturated heterocycles. The highest BCUT2D eigenvalue weighted by Gasteiger charge is 2.41. The molecule has 0 saturated carbocycles. The quantitative estimate of drug-likeness (QED) is 0.842. The maximum absolute atomic E-state index is 12.7. The first-order valence-corrected chi connectivity index (χ1v) is 9.26. The van der Waals surface area contributed by atoms with Crippen molar-refractivity contribution >= 4 is 29.1 Å². The van der Waals surface area contributed by atoms with Gasteiger partial charge in [0.2, 0.25) is 5.91 Å². The maximum Gasteiger partial charge on any atom is 0.308 e. The van der Waals surface area contributed by atoms with Crippen LogP contribution in [0.4, 0.5) is 0 Å². The van der Waals surface area contributed by atoms with Gasteiger partial charge in [0, 0.05) is 19.0 Å². The number of carboxylic acid groups (broad SMARTS) is 1. The Bertz CT molecular complexity index is 791. The van der Waals surface area contributed by atoms with Gasteiger partial charge in [0.1, 0.15) is 6.04 Å². The van der Waals surface area contributed by atoms with Gasteiger partial charge in [0.15, 0.2) is 0 Å². The molecule has 0 radical (unpaired) electrons. The van der Waals surface area contributed by atoms with Crippen LogP contribution in [0, 0.1) is 5.92 Å². The van der Waals surface area contributed by atoms with Crippen LogP contribution in [0.25, 0.3) is 0 Å². The molecule has 2 aromatic rings. The van der Waals surface area contributed by atoms with E-state index in [1.807, 2.05) is 30.3 Å². The van der Waals surface area contributed by atoms with Crippen molar-refractivity contribution in [3.8, 4) is 0 Å². The molecule has 0 spiro atoms. The normalized spacial score (nSPS) is 20.6. The molecular weight excluding hydrogens is 352 g/mol. The first kappa shape index (κ1) is 18.1. The SMILES string of the molecule is CC(NC(=O)c1cccs1)C(=O)N1C[C@H](C(=O)O)[C@H](c2ccccc2)C1. The van der Waals surface area contributed by atoms with Crippen LogP contribution in [0.3, 0.4) is 0 Å². The van der Waals surface area contributed by atoms with Crippen molar-refractivity contribution in [1.82, 2.24) is 10.2 Å². The molecule has 1 aliphatic heterocycles. The van der Waals surface area contributed by atoms with E-state index in [0.717, 1.165) is 5.56 Å². The second-order valence-corrected chi connectivity index (χ2v) is 7.33. The first-order valence-electron chi connectivity index (χ1n) is 8.38. The van der Waals surface area contributed by atoms with Gasteiger partial charge < -0.3 is 15.3 Å². The van der Waals surface area contributed by atoms with Crippen LogP contribution < -0.4 is 5.32 Å². The number of likely N-dealkylation sites (tertiary alicyclic amines) is 1. The molecule has 6 nitrogen and oxygen atoms in total. The van der Waals surface area contributed by atoms with E-state index in [2.05, 4.69) is 5.32 Å². The molecule has 2 amide bonds. The number of rotatable bonds is 5. The third-order valence-electron chi connectivity index (χ3n) is 4.64. The number of amides is 2. The van der Waals surface area contributed by atoms with Crippen molar-refractivity contribution in [3.05, 3.63) is 58.3 Å². The van der Waals surface area contributed by atoms with Crippen LogP contribution in [-0.2, 0) is 9.59 Å². The average molecular weight is 372 g/mol. The Hall–Kier alpha value is -2.67. The molecule has 2 N–H and O–H groups in total. The first-order chi connectivity index (χ1) is 12.5. The van der Waals surface area contributed by atoms with E-state index in [1.165, 1.54) is 16.2 Å². The zero-order valence-corrected chi connectivity index (χ0v) is 15.1. The second kappa shape index (κ2) is 7.70. The number of nitrogens with zero attached hydrogens (tertiary/aromatic N) is 1. The summed E-state index contributed by atoms with van der Waals surface area (Å²) in [5, 5.41) is 14.0. The second-order valence-electron chi connectivity index (χ2n) is 6.38. The summed E-state index contributed by atoms with van der Waals surface area (Å²) in [6.07, 6.45) is 0. The zero-order chi connectivity index (χ0) is 18.7. The minimum atomic E-state index is -0.913. The van der Waals surface area contributed by atoms with Crippen LogP contribution in [0.2, 0.25) is 0 Å². The smallest absolute Gasteiger partial charge is 0.308 e. The minimum absolute atomic E-state index is 0.146. The van der Waals surface area contributed by atoms with E-state index >= 15 is 0 Å². The fourth-order valence-electron chi connectivity index (χ4n) is 3.28. The van der Waals surface area contributed by atoms with Crippen molar-refractivity contribution in [2.24, 2.45) is 5.92 Å². The molecule has 136 valence electrons. The molecule has 7 heteroatoms. The van der Waals surface area contributed by atoms with E-state index in [1.54, 1.807) is 24.4 Å². The Morgan fingerprint density at radius 1 is 1.15 bits per heavy atom. The minimum Gasteiger partial charge on any atom is -0.481 e. The highest BCUT2D eigenvalue weighted by atomic mass is 32.1. The maximum atomic E-state index is 12.7. The molecule has 1 aromatic heterocycles. The van der Waals surface area contributed by atoms with Gasteiger partial charge in [-0.2, -0.15) is 0 Å². The van der Waals surface area contributed by atoms with Gasteiger partial charge in [0.25, 0.3) is 5.91 Å². The predicted octanol–water partition coefficient (Wildman–Crippen LogP) is 2.19. The largest absolute Gasteiger partial charge is 0.481 e. The van der Waals surface area contributed by atoms with E-state index in [-0.39, 0.29) is 24.3 Å². The van der Waals surface area contributed by atoms with Crippen LogP contribution in [0.15, 0.2) is 47.8 Å². The molecule has 3 rings (SSSR count). The van der Waals surface area contributed by atoms with Gasteiger partial charge in [-0.15, -0.1) is 11.3 Å². The van der Waals surface area contributed by atoms with Gasteiger partial charge in [-0.3, -0.25) is 14.4 Å². The molecule has 1 aromatic carbocycles. The number of benzene rings is 1. The number of nitrogens with one attached hydrogen (secondary N) is 1. The Kier molecular flexibility index (Phi) is 5.37. The molecule has 3 atom stereocenters. The summed E-state index contributed by atoms with van der Waals surface area (Å²) in [5.41, 5.74) is 0.908. The van der Waals surface area contributed by atoms with E-state index in [0.29, 0.717) is 11.4 Å². The highest BCUT2D eigenvalue weighted by molar-refractivity contribution is 7.12. The third kappa shape index (κ3) is 3.77. The lowest BCUT2D eigenvalue weighted by atomic mass is 9.89. The number of aliphatic carboxylic acids is 1. The molecule has 0 bridgehead atoms. The number of carboxylic acids is 1. The Balaban J connectivity index is 1.69. The monoisotopic (exact) mass is 372 g/mol. The van der Waals surface area contributed by atoms with Crippen molar-refractivity contribution in [2.75, 3.05) is 13.1 Å². The van der Waals surface area contributed by atoms with E-state index in [4.69, 9.17) is 0 Å². The topological polar surface area (TPSA) is 86.7 Å². The lowest BCUT2D eigenvalue weighted by Crippen LogP contribution is -2.46. The summed E-state index contributed by atoms with van der Waals surface area (Å²) in [5.74, 6) is -2.38. The average Bonchev–Trinajstić information content (AvgIpc) is 3.31. The highest BCUT2D eigenvalue weighted by Crippen LogP contribution is 2.33. The van der Waals surface area contributed by atoms with Gasteiger partial charge in [0.05, 0.1) is 10.8 Å². The lowest BCUT2D eigenvalue weighted by Gasteiger charge is -2.21. The zero-order valence-electron chi connectivity index (χ0n) is 14.3. The van der Waals surface area contributed by atoms with Crippen molar-refractivity contribution in [2.45, 2.75) is 18.9 Å². The van der Waals surface area contributed by atoms with Crippen molar-refractivity contribution in [3.63, 3.8) is 0 Å². The fourth-order valence-corrected chi connectivity index (χ4v) is 3.91. The molecule has 0 aliphatic carbocycles. The predicted molar refractivity (Wildman–Crippen MR) is 98.1 cm³/mol. The van der Waals surface area contributed by atoms with Crippen molar-refractivity contribution < 1.29 is 19.5 Å². The Morgan fingerprint density at radius 2 is 1.88 bits per heavy atom. The molecule has 1 fully saturated rings. The summed E-state index contributed by atoms with van der Waals surface area (Å²) in [6, 6.07) is 12.1. The molecule has 1 unspecified atom stereocenters. The number of carbonyl (C=O) groups is 3. The van der Waals surface area contributed by atoms with E-state index in [9.17, 15) is 19.5 Å². The third-order valence-corrected chi connectivity index (χ3v) is 5.51. The Labute approximate surface area is 155 Å². The molecule has 26 heavy (non-hydrogen) atoms. The van der Waals surface area contributed by atoms with E-state index < -0.39 is 17.9 Å². The van der Waals surface area contributed by atoms with Gasteiger partial charge in [-0.1, -0.05) is 36.4 Å². The number of hydrogen-bond donors (Lipinski definition) is 2. The van der Waals surface area contributed by atoms with Crippen molar-refractivity contribution in [1.29, 1.82) is 0 Å². The summed E-state index contributed by atoms with van der Waals surface area (Å²) in [7, 11) is 0. The molecule has 2 heterocycles. The summed E-state index contributed by atoms with van der Waals surface area (Å²) >= 11 is 1.30. The summed E-state index contributed by atoms with van der Waals surface area (Å²) < 4.78 is 0. The van der Waals surface area contributed by atoms with Crippen LogP contribution in [-0.4, -0.2) is 46.9 Å². The fraction of sp³-hybridized carbons (Fsp3) is 0.316. The Morgan fingerprint density at radius 3 is 2.50 bits per heavy atom. The van der Waals surface area contributed by atoms with Gasteiger partial charge in [-0.05, 0) is 23.9 Å². The summed E-state index contributed by atoms with van der Waals surface area (Å²) in [4.78, 5) is 38.6. The van der Waals surface area contributed by atoms with Gasteiger partial charge in [-0.25, -0.2) is 0 Å². The lowest BCUT2D eigenvalue weighted by molar-refractivity contribution is -0.142. The van der Waals surface area contributed by atoms with Crippen LogP contribution in [0.5, 0.6) is 0 Å². The summed E-state index contributed by atoms with van der Waals surface area (Å²) in [6.45, 7) is 2.10. The number of hydrogen-bond acceptors (Lipinski definition) is 4. The standard InChI is InChI=1S/C19H20N2O4S/c1-12(20-17(22)16-8-5-9-26-16)18(23)21-10-14(15(11-21)19(24)25)13-6-3-2-4-7-13/h2-9,12,14-15H,10-11H2,1H3,(H,20,22)(H,24,25)/t12?,14-,15-/m0/s1. The van der Waals surface area contributed by atoms with Gasteiger partial charge >= 0.3 is 5.97 Å².